The van der Waals surface area contributed by atoms with Crippen molar-refractivity contribution < 1.29 is 4.74 Å². The van der Waals surface area contributed by atoms with Crippen LogP contribution in [-0.2, 0) is 6.42 Å². The van der Waals surface area contributed by atoms with Gasteiger partial charge in [0.15, 0.2) is 0 Å². The molecule has 0 radical (unpaired) electrons. The molecule has 1 heterocycles. The first-order valence-electron chi connectivity index (χ1n) is 5.77. The quantitative estimate of drug-likeness (QED) is 0.823. The molecule has 0 saturated carbocycles. The summed E-state index contributed by atoms with van der Waals surface area (Å²) in [6.45, 7) is 2.89. The minimum atomic E-state index is -0.0108. The SMILES string of the molecule is CCC1(CCN)CCc2ccccc2O1. The van der Waals surface area contributed by atoms with E-state index in [-0.39, 0.29) is 5.60 Å². The Morgan fingerprint density at radius 3 is 2.93 bits per heavy atom. The fourth-order valence-electron chi connectivity index (χ4n) is 2.32. The van der Waals surface area contributed by atoms with E-state index in [0.717, 1.165) is 31.4 Å². The van der Waals surface area contributed by atoms with Gasteiger partial charge in [0.1, 0.15) is 11.4 Å². The molecule has 2 nitrogen and oxygen atoms in total. The van der Waals surface area contributed by atoms with Gasteiger partial charge in [0.05, 0.1) is 0 Å². The van der Waals surface area contributed by atoms with Crippen LogP contribution in [0.1, 0.15) is 31.7 Å². The zero-order valence-corrected chi connectivity index (χ0v) is 9.33. The molecule has 0 fully saturated rings. The summed E-state index contributed by atoms with van der Waals surface area (Å²) in [6, 6.07) is 8.32. The van der Waals surface area contributed by atoms with Crippen molar-refractivity contribution in [2.45, 2.75) is 38.2 Å². The average molecular weight is 205 g/mol. The second kappa shape index (κ2) is 4.23. The summed E-state index contributed by atoms with van der Waals surface area (Å²) in [5.74, 6) is 1.05. The maximum atomic E-state index is 6.13. The Hall–Kier alpha value is -1.02. The number of para-hydroxylation sites is 1. The number of rotatable bonds is 3. The van der Waals surface area contributed by atoms with E-state index in [1.807, 2.05) is 6.07 Å². The highest BCUT2D eigenvalue weighted by Crippen LogP contribution is 2.36. The first kappa shape index (κ1) is 10.5. The van der Waals surface area contributed by atoms with E-state index in [9.17, 15) is 0 Å². The fraction of sp³-hybridized carbons (Fsp3) is 0.538. The van der Waals surface area contributed by atoms with Crippen LogP contribution in [0.25, 0.3) is 0 Å². The molecule has 1 atom stereocenters. The van der Waals surface area contributed by atoms with Gasteiger partial charge >= 0.3 is 0 Å². The maximum Gasteiger partial charge on any atom is 0.123 e. The number of benzene rings is 1. The van der Waals surface area contributed by atoms with Crippen molar-refractivity contribution in [2.75, 3.05) is 6.54 Å². The second-order valence-electron chi connectivity index (χ2n) is 4.29. The van der Waals surface area contributed by atoms with Crippen LogP contribution in [0.2, 0.25) is 0 Å². The highest BCUT2D eigenvalue weighted by molar-refractivity contribution is 5.36. The predicted octanol–water partition coefficient (Wildman–Crippen LogP) is 2.51. The molecule has 2 rings (SSSR count). The van der Waals surface area contributed by atoms with Crippen LogP contribution in [0.4, 0.5) is 0 Å². The van der Waals surface area contributed by atoms with Crippen molar-refractivity contribution in [3.63, 3.8) is 0 Å². The third-order valence-corrected chi connectivity index (χ3v) is 3.39. The van der Waals surface area contributed by atoms with Crippen molar-refractivity contribution in [1.29, 1.82) is 0 Å². The van der Waals surface area contributed by atoms with Crippen molar-refractivity contribution in [3.05, 3.63) is 29.8 Å². The van der Waals surface area contributed by atoms with Crippen LogP contribution in [-0.4, -0.2) is 12.1 Å². The molecule has 15 heavy (non-hydrogen) atoms. The lowest BCUT2D eigenvalue weighted by Gasteiger charge is -2.38. The van der Waals surface area contributed by atoms with Crippen LogP contribution < -0.4 is 10.5 Å². The van der Waals surface area contributed by atoms with Crippen molar-refractivity contribution >= 4 is 0 Å². The lowest BCUT2D eigenvalue weighted by Crippen LogP contribution is -2.40. The summed E-state index contributed by atoms with van der Waals surface area (Å²) in [6.07, 6.45) is 4.21. The Balaban J connectivity index is 2.22. The van der Waals surface area contributed by atoms with Gasteiger partial charge in [-0.2, -0.15) is 0 Å². The van der Waals surface area contributed by atoms with Crippen LogP contribution in [0.15, 0.2) is 24.3 Å². The Kier molecular flexibility index (Phi) is 2.96. The Morgan fingerprint density at radius 1 is 1.40 bits per heavy atom. The molecule has 2 N–H and O–H groups in total. The van der Waals surface area contributed by atoms with Crippen LogP contribution in [0, 0.1) is 0 Å². The summed E-state index contributed by atoms with van der Waals surface area (Å²) >= 11 is 0. The Labute approximate surface area is 91.4 Å². The number of aryl methyl sites for hydroxylation is 1. The van der Waals surface area contributed by atoms with Crippen molar-refractivity contribution in [1.82, 2.24) is 0 Å². The van der Waals surface area contributed by atoms with E-state index in [2.05, 4.69) is 25.1 Å². The molecule has 0 saturated heterocycles. The van der Waals surface area contributed by atoms with Gasteiger partial charge in [-0.15, -0.1) is 0 Å². The molecular formula is C13H19NO. The molecule has 0 aliphatic carbocycles. The highest BCUT2D eigenvalue weighted by atomic mass is 16.5. The normalized spacial score (nSPS) is 24.4. The second-order valence-corrected chi connectivity index (χ2v) is 4.29. The third kappa shape index (κ3) is 2.00. The van der Waals surface area contributed by atoms with Crippen LogP contribution >= 0.6 is 0 Å². The topological polar surface area (TPSA) is 35.2 Å². The molecule has 0 amide bonds. The number of nitrogens with two attached hydrogens (primary N) is 1. The van der Waals surface area contributed by atoms with Crippen molar-refractivity contribution in [3.8, 4) is 5.75 Å². The van der Waals surface area contributed by atoms with Crippen molar-refractivity contribution in [2.24, 2.45) is 5.73 Å². The summed E-state index contributed by atoms with van der Waals surface area (Å²) in [5, 5.41) is 0. The zero-order chi connectivity index (χ0) is 10.7. The van der Waals surface area contributed by atoms with Crippen LogP contribution in [0.5, 0.6) is 5.75 Å². The maximum absolute atomic E-state index is 6.13. The first-order chi connectivity index (χ1) is 7.29. The highest BCUT2D eigenvalue weighted by Gasteiger charge is 2.33. The van der Waals surface area contributed by atoms with Gasteiger partial charge in [0.2, 0.25) is 0 Å². The minimum absolute atomic E-state index is 0.0108. The van der Waals surface area contributed by atoms with Gasteiger partial charge in [0, 0.05) is 0 Å². The average Bonchev–Trinajstić information content (AvgIpc) is 2.29. The Morgan fingerprint density at radius 2 is 2.20 bits per heavy atom. The molecule has 1 aromatic rings. The molecule has 1 aromatic carbocycles. The molecule has 1 aliphatic heterocycles. The van der Waals surface area contributed by atoms with E-state index in [4.69, 9.17) is 10.5 Å². The number of fused-ring (bicyclic) bond motifs is 1. The van der Waals surface area contributed by atoms with Gasteiger partial charge < -0.3 is 10.5 Å². The van der Waals surface area contributed by atoms with E-state index in [1.54, 1.807) is 0 Å². The predicted molar refractivity (Wildman–Crippen MR) is 62.1 cm³/mol. The minimum Gasteiger partial charge on any atom is -0.487 e. The van der Waals surface area contributed by atoms with Gasteiger partial charge in [-0.1, -0.05) is 25.1 Å². The molecule has 0 aromatic heterocycles. The van der Waals surface area contributed by atoms with Gasteiger partial charge in [-0.05, 0) is 43.9 Å². The molecule has 2 heteroatoms. The van der Waals surface area contributed by atoms with Gasteiger partial charge in [0.25, 0.3) is 0 Å². The van der Waals surface area contributed by atoms with Gasteiger partial charge in [-0.3, -0.25) is 0 Å². The molecule has 0 bridgehead atoms. The first-order valence-corrected chi connectivity index (χ1v) is 5.77. The summed E-state index contributed by atoms with van der Waals surface area (Å²) in [5.41, 5.74) is 6.98. The zero-order valence-electron chi connectivity index (χ0n) is 9.33. The molecule has 1 unspecified atom stereocenters. The molecular weight excluding hydrogens is 186 g/mol. The van der Waals surface area contributed by atoms with E-state index >= 15 is 0 Å². The van der Waals surface area contributed by atoms with E-state index in [0.29, 0.717) is 6.54 Å². The number of ether oxygens (including phenoxy) is 1. The Bertz CT molecular complexity index is 337. The standard InChI is InChI=1S/C13H19NO/c1-2-13(9-10-14)8-7-11-5-3-4-6-12(11)15-13/h3-6H,2,7-10,14H2,1H3. The lowest BCUT2D eigenvalue weighted by molar-refractivity contribution is 0.0360. The summed E-state index contributed by atoms with van der Waals surface area (Å²) in [4.78, 5) is 0. The van der Waals surface area contributed by atoms with E-state index < -0.39 is 0 Å². The lowest BCUT2D eigenvalue weighted by atomic mass is 9.86. The summed E-state index contributed by atoms with van der Waals surface area (Å²) in [7, 11) is 0. The third-order valence-electron chi connectivity index (χ3n) is 3.39. The smallest absolute Gasteiger partial charge is 0.123 e. The number of hydrogen-bond donors (Lipinski definition) is 1. The van der Waals surface area contributed by atoms with E-state index in [1.165, 1.54) is 5.56 Å². The fourth-order valence-corrected chi connectivity index (χ4v) is 2.32. The monoisotopic (exact) mass is 205 g/mol. The number of hydrogen-bond acceptors (Lipinski definition) is 2. The van der Waals surface area contributed by atoms with Gasteiger partial charge in [-0.25, -0.2) is 0 Å². The van der Waals surface area contributed by atoms with Crippen LogP contribution in [0.3, 0.4) is 0 Å². The largest absolute Gasteiger partial charge is 0.487 e. The molecule has 1 aliphatic rings. The summed E-state index contributed by atoms with van der Waals surface area (Å²) < 4.78 is 6.13. The molecule has 82 valence electrons. The molecule has 0 spiro atoms.